The van der Waals surface area contributed by atoms with Crippen LogP contribution in [0.25, 0.3) is 0 Å². The first kappa shape index (κ1) is 24.3. The van der Waals surface area contributed by atoms with E-state index in [1.807, 2.05) is 30.3 Å². The van der Waals surface area contributed by atoms with Crippen LogP contribution < -0.4 is 10.6 Å². The molecule has 0 aliphatic rings. The molecule has 0 aromatic heterocycles. The van der Waals surface area contributed by atoms with Gasteiger partial charge in [-0.05, 0) is 25.6 Å². The third kappa shape index (κ3) is 11.5. The number of likely N-dealkylation sites (N-methyl/N-ethyl adjacent to an activating group) is 1. The van der Waals surface area contributed by atoms with E-state index >= 15 is 0 Å². The molecule has 2 N–H and O–H groups in total. The van der Waals surface area contributed by atoms with Crippen molar-refractivity contribution in [1.82, 2.24) is 15.5 Å². The van der Waals surface area contributed by atoms with Crippen molar-refractivity contribution in [2.24, 2.45) is 4.99 Å². The smallest absolute Gasteiger partial charge is 0.191 e. The Bertz CT molecular complexity index is 503. The summed E-state index contributed by atoms with van der Waals surface area (Å²) in [6.07, 6.45) is 1.03. The number of benzene rings is 1. The minimum atomic E-state index is -0.985. The van der Waals surface area contributed by atoms with E-state index < -0.39 is 10.8 Å². The summed E-state index contributed by atoms with van der Waals surface area (Å²) in [4.78, 5) is 7.30. The van der Waals surface area contributed by atoms with E-state index in [1.165, 1.54) is 0 Å². The van der Waals surface area contributed by atoms with Crippen LogP contribution in [0.15, 0.2) is 40.2 Å². The zero-order valence-electron chi connectivity index (χ0n) is 15.4. The lowest BCUT2D eigenvalue weighted by Gasteiger charge is -2.18. The van der Waals surface area contributed by atoms with Crippen LogP contribution in [-0.4, -0.2) is 74.8 Å². The summed E-state index contributed by atoms with van der Waals surface area (Å²) >= 11 is 0. The molecule has 1 aromatic carbocycles. The highest BCUT2D eigenvalue weighted by atomic mass is 127. The first-order valence-electron chi connectivity index (χ1n) is 8.22. The second-order valence-electron chi connectivity index (χ2n) is 5.44. The van der Waals surface area contributed by atoms with Gasteiger partial charge in [0.15, 0.2) is 5.96 Å². The van der Waals surface area contributed by atoms with Crippen molar-refractivity contribution >= 4 is 40.7 Å². The minimum Gasteiger partial charge on any atom is -0.385 e. The van der Waals surface area contributed by atoms with Crippen LogP contribution in [0.3, 0.4) is 0 Å². The first-order valence-corrected chi connectivity index (χ1v) is 9.54. The Balaban J connectivity index is 0.00000576. The summed E-state index contributed by atoms with van der Waals surface area (Å²) in [5.74, 6) is 1.30. The molecule has 0 saturated carbocycles. The van der Waals surface area contributed by atoms with Crippen molar-refractivity contribution in [2.45, 2.75) is 11.3 Å². The minimum absolute atomic E-state index is 0. The molecule has 144 valence electrons. The van der Waals surface area contributed by atoms with Crippen molar-refractivity contribution in [3.8, 4) is 0 Å². The van der Waals surface area contributed by atoms with Gasteiger partial charge >= 0.3 is 0 Å². The van der Waals surface area contributed by atoms with E-state index in [0.29, 0.717) is 12.3 Å². The van der Waals surface area contributed by atoms with Crippen LogP contribution in [0.5, 0.6) is 0 Å². The highest BCUT2D eigenvalue weighted by molar-refractivity contribution is 14.0. The lowest BCUT2D eigenvalue weighted by molar-refractivity contribution is 0.180. The summed E-state index contributed by atoms with van der Waals surface area (Å²) in [5.41, 5.74) is 0. The summed E-state index contributed by atoms with van der Waals surface area (Å²) in [7, 11) is 4.57. The Morgan fingerprint density at radius 3 is 2.52 bits per heavy atom. The number of hydrogen-bond donors (Lipinski definition) is 2. The molecule has 0 heterocycles. The maximum absolute atomic E-state index is 12.1. The molecule has 0 radical (unpaired) electrons. The van der Waals surface area contributed by atoms with Gasteiger partial charge in [0, 0.05) is 57.6 Å². The van der Waals surface area contributed by atoms with Crippen molar-refractivity contribution in [3.63, 3.8) is 0 Å². The van der Waals surface area contributed by atoms with Gasteiger partial charge in [-0.2, -0.15) is 0 Å². The Labute approximate surface area is 171 Å². The molecule has 1 aromatic rings. The van der Waals surface area contributed by atoms with Crippen LogP contribution >= 0.6 is 24.0 Å². The lowest BCUT2D eigenvalue weighted by Crippen LogP contribution is -2.42. The van der Waals surface area contributed by atoms with E-state index in [2.05, 4.69) is 27.6 Å². The number of methoxy groups -OCH3 is 1. The van der Waals surface area contributed by atoms with Gasteiger partial charge in [-0.15, -0.1) is 24.0 Å². The number of nitrogens with zero attached hydrogens (tertiary/aromatic N) is 2. The Kier molecular flexibility index (Phi) is 15.1. The van der Waals surface area contributed by atoms with Gasteiger partial charge < -0.3 is 20.3 Å². The van der Waals surface area contributed by atoms with Gasteiger partial charge in [0.2, 0.25) is 0 Å². The quantitative estimate of drug-likeness (QED) is 0.217. The van der Waals surface area contributed by atoms with Crippen LogP contribution in [0, 0.1) is 0 Å². The monoisotopic (exact) mass is 482 g/mol. The van der Waals surface area contributed by atoms with Crippen LogP contribution in [0.4, 0.5) is 0 Å². The second-order valence-corrected chi connectivity index (χ2v) is 7.01. The maximum atomic E-state index is 12.1. The molecule has 1 unspecified atom stereocenters. The Hall–Kier alpha value is -0.710. The fourth-order valence-corrected chi connectivity index (χ4v) is 3.11. The van der Waals surface area contributed by atoms with E-state index in [9.17, 15) is 4.21 Å². The molecule has 8 heteroatoms. The Morgan fingerprint density at radius 2 is 1.88 bits per heavy atom. The number of aliphatic imine (C=N–C) groups is 1. The van der Waals surface area contributed by atoms with Gasteiger partial charge in [-0.1, -0.05) is 18.2 Å². The van der Waals surface area contributed by atoms with E-state index in [0.717, 1.165) is 43.5 Å². The highest BCUT2D eigenvalue weighted by Crippen LogP contribution is 2.04. The summed E-state index contributed by atoms with van der Waals surface area (Å²) < 4.78 is 17.2. The number of guanidine groups is 1. The highest BCUT2D eigenvalue weighted by Gasteiger charge is 2.04. The number of hydrogen-bond acceptors (Lipinski definition) is 4. The molecule has 1 atom stereocenters. The SMILES string of the molecule is CN=C(NCCN(C)CCCOC)NCCS(=O)c1ccccc1.I. The maximum Gasteiger partial charge on any atom is 0.191 e. The summed E-state index contributed by atoms with van der Waals surface area (Å²) in [5, 5.41) is 6.47. The molecule has 0 bridgehead atoms. The lowest BCUT2D eigenvalue weighted by atomic mass is 10.4. The molecule has 0 aliphatic carbocycles. The molecule has 6 nitrogen and oxygen atoms in total. The van der Waals surface area contributed by atoms with Gasteiger partial charge in [-0.25, -0.2) is 0 Å². The fourth-order valence-electron chi connectivity index (χ4n) is 2.13. The zero-order valence-corrected chi connectivity index (χ0v) is 18.5. The molecule has 0 fully saturated rings. The second kappa shape index (κ2) is 15.5. The van der Waals surface area contributed by atoms with Gasteiger partial charge in [-0.3, -0.25) is 9.20 Å². The predicted octanol–water partition coefficient (Wildman–Crippen LogP) is 1.55. The first-order chi connectivity index (χ1) is 11.7. The zero-order chi connectivity index (χ0) is 17.6. The summed E-state index contributed by atoms with van der Waals surface area (Å²) in [6.45, 7) is 4.16. The van der Waals surface area contributed by atoms with Crippen molar-refractivity contribution in [2.75, 3.05) is 59.7 Å². The molecular formula is C17H31IN4O2S. The third-order valence-electron chi connectivity index (χ3n) is 3.48. The number of nitrogens with one attached hydrogen (secondary N) is 2. The van der Waals surface area contributed by atoms with Gasteiger partial charge in [0.25, 0.3) is 0 Å². The summed E-state index contributed by atoms with van der Waals surface area (Å²) in [6, 6.07) is 9.52. The number of rotatable bonds is 11. The molecule has 0 saturated heterocycles. The van der Waals surface area contributed by atoms with E-state index in [1.54, 1.807) is 14.2 Å². The molecule has 25 heavy (non-hydrogen) atoms. The average molecular weight is 482 g/mol. The molecule has 0 amide bonds. The van der Waals surface area contributed by atoms with Crippen LogP contribution in [0.1, 0.15) is 6.42 Å². The normalized spacial score (nSPS) is 12.6. The molecular weight excluding hydrogens is 451 g/mol. The Morgan fingerprint density at radius 1 is 1.20 bits per heavy atom. The topological polar surface area (TPSA) is 66.0 Å². The van der Waals surface area contributed by atoms with Crippen LogP contribution in [-0.2, 0) is 15.5 Å². The predicted molar refractivity (Wildman–Crippen MR) is 116 cm³/mol. The van der Waals surface area contributed by atoms with Crippen molar-refractivity contribution in [3.05, 3.63) is 30.3 Å². The van der Waals surface area contributed by atoms with Crippen LogP contribution in [0.2, 0.25) is 0 Å². The van der Waals surface area contributed by atoms with Crippen molar-refractivity contribution in [1.29, 1.82) is 0 Å². The molecule has 0 aliphatic heterocycles. The van der Waals surface area contributed by atoms with E-state index in [-0.39, 0.29) is 24.0 Å². The standard InChI is InChI=1S/C17H30N4O2S.HI/c1-18-17(19-10-13-21(2)12-7-14-23-3)20-11-15-24(22)16-8-5-4-6-9-16;/h4-6,8-9H,7,10-15H2,1-3H3,(H2,18,19,20);1H. The average Bonchev–Trinajstić information content (AvgIpc) is 2.61. The molecule has 0 spiro atoms. The number of ether oxygens (including phenoxy) is 1. The van der Waals surface area contributed by atoms with Gasteiger partial charge in [0.1, 0.15) is 0 Å². The third-order valence-corrected chi connectivity index (χ3v) is 4.86. The van der Waals surface area contributed by atoms with Crippen molar-refractivity contribution < 1.29 is 8.95 Å². The number of halogens is 1. The van der Waals surface area contributed by atoms with Gasteiger partial charge in [0.05, 0.1) is 10.8 Å². The molecule has 1 rings (SSSR count). The van der Waals surface area contributed by atoms with E-state index in [4.69, 9.17) is 4.74 Å². The largest absolute Gasteiger partial charge is 0.385 e. The fraction of sp³-hybridized carbons (Fsp3) is 0.588.